The maximum Gasteiger partial charge on any atom is 0.100 e. The number of hydrogen-bond acceptors (Lipinski definition) is 4. The molecule has 1 heterocycles. The maximum absolute atomic E-state index is 10.5. The minimum absolute atomic E-state index is 0.118. The summed E-state index contributed by atoms with van der Waals surface area (Å²) in [5, 5.41) is 26.5. The molecule has 0 aliphatic rings. The molecule has 0 fully saturated rings. The zero-order valence-corrected chi connectivity index (χ0v) is 12.4. The standard InChI is InChI=1S/C16H18N2OS/c1-12(14-5-3-13(9-17)4-6-14)18-11-16(2,19)15-7-8-20-10-15/h3-8,10,12,18-19H,11H2,1-2H3. The first-order chi connectivity index (χ1) is 9.53. The third-order valence-corrected chi connectivity index (χ3v) is 4.12. The van der Waals surface area contributed by atoms with Crippen LogP contribution in [0.5, 0.6) is 0 Å². The Bertz CT molecular complexity index is 582. The maximum atomic E-state index is 10.5. The van der Waals surface area contributed by atoms with E-state index in [-0.39, 0.29) is 6.04 Å². The molecular formula is C16H18N2OS. The van der Waals surface area contributed by atoms with E-state index in [1.807, 2.05) is 54.9 Å². The molecule has 0 amide bonds. The summed E-state index contributed by atoms with van der Waals surface area (Å²) < 4.78 is 0. The summed E-state index contributed by atoms with van der Waals surface area (Å²) in [5.41, 5.74) is 1.82. The first kappa shape index (κ1) is 14.7. The van der Waals surface area contributed by atoms with Crippen LogP contribution in [0.2, 0.25) is 0 Å². The van der Waals surface area contributed by atoms with Crippen molar-refractivity contribution in [3.63, 3.8) is 0 Å². The van der Waals surface area contributed by atoms with E-state index in [1.165, 1.54) is 0 Å². The van der Waals surface area contributed by atoms with Crippen LogP contribution in [0, 0.1) is 11.3 Å². The molecule has 2 rings (SSSR count). The van der Waals surface area contributed by atoms with Crippen molar-refractivity contribution in [2.75, 3.05) is 6.54 Å². The number of rotatable bonds is 5. The Morgan fingerprint density at radius 1 is 1.35 bits per heavy atom. The molecule has 0 radical (unpaired) electrons. The molecule has 2 aromatic rings. The van der Waals surface area contributed by atoms with Gasteiger partial charge in [0.05, 0.1) is 11.6 Å². The van der Waals surface area contributed by atoms with Gasteiger partial charge in [-0.3, -0.25) is 0 Å². The third-order valence-electron chi connectivity index (χ3n) is 3.44. The lowest BCUT2D eigenvalue weighted by atomic mass is 9.98. The van der Waals surface area contributed by atoms with E-state index in [9.17, 15) is 5.11 Å². The summed E-state index contributed by atoms with van der Waals surface area (Å²) >= 11 is 1.58. The minimum atomic E-state index is -0.874. The van der Waals surface area contributed by atoms with Crippen molar-refractivity contribution in [1.29, 1.82) is 5.26 Å². The van der Waals surface area contributed by atoms with Crippen molar-refractivity contribution >= 4 is 11.3 Å². The molecular weight excluding hydrogens is 268 g/mol. The van der Waals surface area contributed by atoms with Gasteiger partial charge in [0.25, 0.3) is 0 Å². The molecule has 2 N–H and O–H groups in total. The van der Waals surface area contributed by atoms with Crippen LogP contribution in [0.4, 0.5) is 0 Å². The molecule has 0 aliphatic carbocycles. The van der Waals surface area contributed by atoms with Gasteiger partial charge in [0, 0.05) is 12.6 Å². The number of benzene rings is 1. The van der Waals surface area contributed by atoms with Crippen LogP contribution in [0.25, 0.3) is 0 Å². The second-order valence-corrected chi connectivity index (χ2v) is 5.90. The van der Waals surface area contributed by atoms with Crippen LogP contribution >= 0.6 is 11.3 Å². The van der Waals surface area contributed by atoms with Gasteiger partial charge in [-0.05, 0) is 53.9 Å². The lowest BCUT2D eigenvalue weighted by molar-refractivity contribution is 0.0548. The summed E-state index contributed by atoms with van der Waals surface area (Å²) in [5.74, 6) is 0. The number of nitriles is 1. The molecule has 104 valence electrons. The molecule has 0 aliphatic heterocycles. The van der Waals surface area contributed by atoms with Crippen molar-refractivity contribution in [2.45, 2.75) is 25.5 Å². The van der Waals surface area contributed by atoms with Crippen LogP contribution in [0.15, 0.2) is 41.1 Å². The van der Waals surface area contributed by atoms with Gasteiger partial charge in [0.2, 0.25) is 0 Å². The fourth-order valence-corrected chi connectivity index (χ4v) is 2.77. The van der Waals surface area contributed by atoms with E-state index in [0.717, 1.165) is 11.1 Å². The summed E-state index contributed by atoms with van der Waals surface area (Å²) in [6, 6.07) is 11.7. The van der Waals surface area contributed by atoms with Crippen molar-refractivity contribution in [1.82, 2.24) is 5.32 Å². The quantitative estimate of drug-likeness (QED) is 0.887. The normalized spacial score (nSPS) is 15.3. The number of nitrogens with one attached hydrogen (secondary N) is 1. The molecule has 3 nitrogen and oxygen atoms in total. The summed E-state index contributed by atoms with van der Waals surface area (Å²) in [6.45, 7) is 4.34. The second kappa shape index (κ2) is 6.19. The Morgan fingerprint density at radius 2 is 2.05 bits per heavy atom. The zero-order valence-electron chi connectivity index (χ0n) is 11.6. The predicted octanol–water partition coefficient (Wildman–Crippen LogP) is 3.18. The Hall–Kier alpha value is -1.67. The van der Waals surface area contributed by atoms with Gasteiger partial charge in [0.1, 0.15) is 5.60 Å². The van der Waals surface area contributed by atoms with Gasteiger partial charge in [-0.15, -0.1) is 0 Å². The zero-order chi connectivity index (χ0) is 14.6. The van der Waals surface area contributed by atoms with Crippen LogP contribution in [0.3, 0.4) is 0 Å². The average Bonchev–Trinajstić information content (AvgIpc) is 3.00. The van der Waals surface area contributed by atoms with E-state index in [1.54, 1.807) is 11.3 Å². The van der Waals surface area contributed by atoms with Crippen LogP contribution < -0.4 is 5.32 Å². The van der Waals surface area contributed by atoms with E-state index >= 15 is 0 Å². The summed E-state index contributed by atoms with van der Waals surface area (Å²) in [7, 11) is 0. The van der Waals surface area contributed by atoms with Crippen LogP contribution in [-0.2, 0) is 5.60 Å². The van der Waals surface area contributed by atoms with Crippen LogP contribution in [0.1, 0.15) is 36.6 Å². The average molecular weight is 286 g/mol. The number of thiophene rings is 1. The lowest BCUT2D eigenvalue weighted by Crippen LogP contribution is -2.36. The van der Waals surface area contributed by atoms with Crippen molar-refractivity contribution in [3.8, 4) is 6.07 Å². The highest BCUT2D eigenvalue weighted by atomic mass is 32.1. The van der Waals surface area contributed by atoms with Gasteiger partial charge in [-0.25, -0.2) is 0 Å². The number of aliphatic hydroxyl groups is 1. The van der Waals surface area contributed by atoms with Gasteiger partial charge < -0.3 is 10.4 Å². The van der Waals surface area contributed by atoms with Gasteiger partial charge in [0.15, 0.2) is 0 Å². The molecule has 0 saturated heterocycles. The highest BCUT2D eigenvalue weighted by Gasteiger charge is 2.24. The SMILES string of the molecule is CC(NCC(C)(O)c1ccsc1)c1ccc(C#N)cc1. The van der Waals surface area contributed by atoms with Crippen molar-refractivity contribution in [3.05, 3.63) is 57.8 Å². The molecule has 0 bridgehead atoms. The molecule has 4 heteroatoms. The largest absolute Gasteiger partial charge is 0.384 e. The topological polar surface area (TPSA) is 56.0 Å². The molecule has 2 atom stereocenters. The summed E-state index contributed by atoms with van der Waals surface area (Å²) in [6.07, 6.45) is 0. The second-order valence-electron chi connectivity index (χ2n) is 5.12. The lowest BCUT2D eigenvalue weighted by Gasteiger charge is -2.25. The van der Waals surface area contributed by atoms with E-state index < -0.39 is 5.60 Å². The Labute approximate surface area is 123 Å². The number of nitrogens with zero attached hydrogens (tertiary/aromatic N) is 1. The Kier molecular flexibility index (Phi) is 4.56. The molecule has 1 aromatic carbocycles. The van der Waals surface area contributed by atoms with E-state index in [2.05, 4.69) is 11.4 Å². The smallest absolute Gasteiger partial charge is 0.100 e. The van der Waals surface area contributed by atoms with Gasteiger partial charge in [-0.1, -0.05) is 12.1 Å². The molecule has 2 unspecified atom stereocenters. The fraction of sp³-hybridized carbons (Fsp3) is 0.312. The van der Waals surface area contributed by atoms with Gasteiger partial charge in [-0.2, -0.15) is 16.6 Å². The third kappa shape index (κ3) is 3.45. The highest BCUT2D eigenvalue weighted by Crippen LogP contribution is 2.23. The number of hydrogen-bond donors (Lipinski definition) is 2. The first-order valence-corrected chi connectivity index (χ1v) is 7.46. The molecule has 0 spiro atoms. The Morgan fingerprint density at radius 3 is 2.60 bits per heavy atom. The van der Waals surface area contributed by atoms with E-state index in [4.69, 9.17) is 5.26 Å². The minimum Gasteiger partial charge on any atom is -0.384 e. The van der Waals surface area contributed by atoms with Gasteiger partial charge >= 0.3 is 0 Å². The monoisotopic (exact) mass is 286 g/mol. The fourth-order valence-electron chi connectivity index (χ4n) is 1.99. The highest BCUT2D eigenvalue weighted by molar-refractivity contribution is 7.08. The summed E-state index contributed by atoms with van der Waals surface area (Å²) in [4.78, 5) is 0. The first-order valence-electron chi connectivity index (χ1n) is 6.51. The Balaban J connectivity index is 1.98. The van der Waals surface area contributed by atoms with E-state index in [0.29, 0.717) is 12.1 Å². The molecule has 0 saturated carbocycles. The molecule has 20 heavy (non-hydrogen) atoms. The molecule has 1 aromatic heterocycles. The van der Waals surface area contributed by atoms with Crippen molar-refractivity contribution < 1.29 is 5.11 Å². The van der Waals surface area contributed by atoms with Crippen molar-refractivity contribution in [2.24, 2.45) is 0 Å². The predicted molar refractivity (Wildman–Crippen MR) is 81.5 cm³/mol. The van der Waals surface area contributed by atoms with Crippen LogP contribution in [-0.4, -0.2) is 11.7 Å².